The fourth-order valence-corrected chi connectivity index (χ4v) is 1.55. The highest BCUT2D eigenvalue weighted by molar-refractivity contribution is 5.98. The van der Waals surface area contributed by atoms with E-state index in [0.29, 0.717) is 5.69 Å². The largest absolute Gasteiger partial charge is 0.364 e. The maximum absolute atomic E-state index is 11.1. The number of aromatic amines is 1. The Morgan fingerprint density at radius 1 is 1.33 bits per heavy atom. The number of amides is 1. The van der Waals surface area contributed by atoms with Gasteiger partial charge in [-0.2, -0.15) is 5.10 Å². The van der Waals surface area contributed by atoms with Gasteiger partial charge in [-0.05, 0) is 18.1 Å². The number of hydrogen-bond acceptors (Lipinski definition) is 2. The van der Waals surface area contributed by atoms with Crippen LogP contribution in [0.1, 0.15) is 16.1 Å². The van der Waals surface area contributed by atoms with E-state index in [1.807, 2.05) is 31.2 Å². The minimum atomic E-state index is -0.495. The van der Waals surface area contributed by atoms with Crippen LogP contribution < -0.4 is 5.73 Å². The molecule has 15 heavy (non-hydrogen) atoms. The molecule has 1 aromatic heterocycles. The van der Waals surface area contributed by atoms with Crippen LogP contribution in [0, 0.1) is 6.92 Å². The lowest BCUT2D eigenvalue weighted by molar-refractivity contribution is 0.0996. The maximum Gasteiger partial charge on any atom is 0.267 e. The summed E-state index contributed by atoms with van der Waals surface area (Å²) in [6.45, 7) is 1.98. The van der Waals surface area contributed by atoms with E-state index in [-0.39, 0.29) is 0 Å². The van der Waals surface area contributed by atoms with Gasteiger partial charge in [0.15, 0.2) is 0 Å². The van der Waals surface area contributed by atoms with E-state index in [0.717, 1.165) is 16.7 Å². The highest BCUT2D eigenvalue weighted by Gasteiger charge is 2.13. The van der Waals surface area contributed by atoms with Crippen LogP contribution in [0.15, 0.2) is 30.5 Å². The van der Waals surface area contributed by atoms with Crippen molar-refractivity contribution in [2.45, 2.75) is 6.92 Å². The molecule has 0 aliphatic carbocycles. The number of nitrogens with one attached hydrogen (secondary N) is 1. The summed E-state index contributed by atoms with van der Waals surface area (Å²) in [7, 11) is 0. The van der Waals surface area contributed by atoms with Crippen molar-refractivity contribution >= 4 is 5.91 Å². The number of aryl methyl sites for hydroxylation is 1. The number of rotatable bonds is 2. The summed E-state index contributed by atoms with van der Waals surface area (Å²) < 4.78 is 0. The Morgan fingerprint density at radius 2 is 2.07 bits per heavy atom. The van der Waals surface area contributed by atoms with E-state index in [1.54, 1.807) is 6.20 Å². The van der Waals surface area contributed by atoms with Crippen molar-refractivity contribution in [3.63, 3.8) is 0 Å². The summed E-state index contributed by atoms with van der Waals surface area (Å²) in [6.07, 6.45) is 1.61. The van der Waals surface area contributed by atoms with Crippen LogP contribution in [0.2, 0.25) is 0 Å². The van der Waals surface area contributed by atoms with Gasteiger partial charge in [0.2, 0.25) is 0 Å². The molecule has 1 amide bonds. The average Bonchev–Trinajstić information content (AvgIpc) is 2.67. The molecule has 0 saturated heterocycles. The Morgan fingerprint density at radius 3 is 2.73 bits per heavy atom. The van der Waals surface area contributed by atoms with Gasteiger partial charge in [0.1, 0.15) is 5.69 Å². The number of aromatic nitrogens is 2. The van der Waals surface area contributed by atoms with E-state index < -0.39 is 5.91 Å². The summed E-state index contributed by atoms with van der Waals surface area (Å²) in [5, 5.41) is 6.44. The van der Waals surface area contributed by atoms with Gasteiger partial charge in [-0.15, -0.1) is 0 Å². The van der Waals surface area contributed by atoms with Gasteiger partial charge in [0.25, 0.3) is 5.91 Å². The first-order valence-corrected chi connectivity index (χ1v) is 4.59. The topological polar surface area (TPSA) is 71.8 Å². The number of benzene rings is 1. The molecule has 0 radical (unpaired) electrons. The summed E-state index contributed by atoms with van der Waals surface area (Å²) in [4.78, 5) is 11.1. The standard InChI is InChI=1S/C11H11N3O/c1-7-4-2-3-5-8(7)9-6-13-14-10(9)11(12)15/h2-6H,1H3,(H2,12,15)(H,13,14). The Labute approximate surface area is 87.1 Å². The summed E-state index contributed by atoms with van der Waals surface area (Å²) in [5.74, 6) is -0.495. The van der Waals surface area contributed by atoms with Crippen LogP contribution in [0.4, 0.5) is 0 Å². The molecule has 76 valence electrons. The van der Waals surface area contributed by atoms with Crippen molar-refractivity contribution in [2.75, 3.05) is 0 Å². The molecule has 2 rings (SSSR count). The smallest absolute Gasteiger partial charge is 0.267 e. The van der Waals surface area contributed by atoms with Crippen LogP contribution in [0.5, 0.6) is 0 Å². The summed E-state index contributed by atoms with van der Waals surface area (Å²) in [5.41, 5.74) is 8.39. The van der Waals surface area contributed by atoms with Gasteiger partial charge in [-0.25, -0.2) is 0 Å². The maximum atomic E-state index is 11.1. The van der Waals surface area contributed by atoms with Crippen LogP contribution >= 0.6 is 0 Å². The molecule has 0 aliphatic heterocycles. The van der Waals surface area contributed by atoms with E-state index in [9.17, 15) is 4.79 Å². The number of primary amides is 1. The first-order valence-electron chi connectivity index (χ1n) is 4.59. The molecular weight excluding hydrogens is 190 g/mol. The molecule has 4 heteroatoms. The van der Waals surface area contributed by atoms with Crippen LogP contribution in [0.25, 0.3) is 11.1 Å². The molecule has 4 nitrogen and oxygen atoms in total. The molecule has 3 N–H and O–H groups in total. The normalized spacial score (nSPS) is 10.2. The molecule has 0 bridgehead atoms. The van der Waals surface area contributed by atoms with Gasteiger partial charge in [0, 0.05) is 5.56 Å². The minimum Gasteiger partial charge on any atom is -0.364 e. The van der Waals surface area contributed by atoms with Crippen LogP contribution in [-0.2, 0) is 0 Å². The molecule has 0 saturated carbocycles. The lowest BCUT2D eigenvalue weighted by Gasteiger charge is -2.03. The quantitative estimate of drug-likeness (QED) is 0.772. The Kier molecular flexibility index (Phi) is 2.25. The number of nitrogens with two attached hydrogens (primary N) is 1. The molecule has 0 fully saturated rings. The second-order valence-corrected chi connectivity index (χ2v) is 3.34. The van der Waals surface area contributed by atoms with E-state index in [2.05, 4.69) is 10.2 Å². The molecule has 0 atom stereocenters. The number of carbonyl (C=O) groups is 1. The van der Waals surface area contributed by atoms with Crippen molar-refractivity contribution in [3.05, 3.63) is 41.7 Å². The lowest BCUT2D eigenvalue weighted by atomic mass is 10.0. The highest BCUT2D eigenvalue weighted by Crippen LogP contribution is 2.24. The minimum absolute atomic E-state index is 0.351. The van der Waals surface area contributed by atoms with Crippen LogP contribution in [-0.4, -0.2) is 16.1 Å². The SMILES string of the molecule is Cc1ccccc1-c1cn[nH]c1C(N)=O. The fourth-order valence-electron chi connectivity index (χ4n) is 1.55. The number of carbonyl (C=O) groups excluding carboxylic acids is 1. The molecule has 1 heterocycles. The molecule has 0 aliphatic rings. The zero-order valence-electron chi connectivity index (χ0n) is 8.32. The first-order chi connectivity index (χ1) is 7.20. The van der Waals surface area contributed by atoms with Crippen molar-refractivity contribution in [1.82, 2.24) is 10.2 Å². The Bertz CT molecular complexity index is 502. The van der Waals surface area contributed by atoms with Crippen LogP contribution in [0.3, 0.4) is 0 Å². The van der Waals surface area contributed by atoms with Crippen molar-refractivity contribution in [1.29, 1.82) is 0 Å². The second kappa shape index (κ2) is 3.57. The number of hydrogen-bond donors (Lipinski definition) is 2. The average molecular weight is 201 g/mol. The monoisotopic (exact) mass is 201 g/mol. The van der Waals surface area contributed by atoms with Crippen molar-refractivity contribution in [2.24, 2.45) is 5.73 Å². The van der Waals surface area contributed by atoms with Crippen molar-refractivity contribution < 1.29 is 4.79 Å². The molecule has 2 aromatic rings. The summed E-state index contributed by atoms with van der Waals surface area (Å²) in [6, 6.07) is 7.78. The zero-order valence-corrected chi connectivity index (χ0v) is 8.32. The zero-order chi connectivity index (χ0) is 10.8. The molecule has 1 aromatic carbocycles. The first kappa shape index (κ1) is 9.45. The van der Waals surface area contributed by atoms with Gasteiger partial charge in [0.05, 0.1) is 6.20 Å². The lowest BCUT2D eigenvalue weighted by Crippen LogP contribution is -2.12. The van der Waals surface area contributed by atoms with Gasteiger partial charge < -0.3 is 5.73 Å². The third kappa shape index (κ3) is 1.61. The molecule has 0 spiro atoms. The Hall–Kier alpha value is -2.10. The number of H-pyrrole nitrogens is 1. The molecular formula is C11H11N3O. The third-order valence-electron chi connectivity index (χ3n) is 2.32. The summed E-state index contributed by atoms with van der Waals surface area (Å²) >= 11 is 0. The highest BCUT2D eigenvalue weighted by atomic mass is 16.1. The van der Waals surface area contributed by atoms with Crippen molar-refractivity contribution in [3.8, 4) is 11.1 Å². The van der Waals surface area contributed by atoms with E-state index in [4.69, 9.17) is 5.73 Å². The second-order valence-electron chi connectivity index (χ2n) is 3.34. The van der Waals surface area contributed by atoms with Gasteiger partial charge >= 0.3 is 0 Å². The Balaban J connectivity index is 2.59. The van der Waals surface area contributed by atoms with Gasteiger partial charge in [-0.1, -0.05) is 24.3 Å². The number of nitrogens with zero attached hydrogens (tertiary/aromatic N) is 1. The predicted octanol–water partition coefficient (Wildman–Crippen LogP) is 1.48. The molecule has 0 unspecified atom stereocenters. The fraction of sp³-hybridized carbons (Fsp3) is 0.0909. The third-order valence-corrected chi connectivity index (χ3v) is 2.32. The van der Waals surface area contributed by atoms with E-state index in [1.165, 1.54) is 0 Å². The van der Waals surface area contributed by atoms with Gasteiger partial charge in [-0.3, -0.25) is 9.89 Å². The predicted molar refractivity (Wildman–Crippen MR) is 57.3 cm³/mol. The van der Waals surface area contributed by atoms with E-state index >= 15 is 0 Å².